The summed E-state index contributed by atoms with van der Waals surface area (Å²) in [5.74, 6) is 0. The van der Waals surface area contributed by atoms with E-state index < -0.39 is 0 Å². The van der Waals surface area contributed by atoms with Crippen LogP contribution in [0.4, 0.5) is 0 Å². The van der Waals surface area contributed by atoms with Crippen molar-refractivity contribution in [3.05, 3.63) is 12.2 Å². The maximum atomic E-state index is 6.28. The second-order valence-corrected chi connectivity index (χ2v) is 6.85. The van der Waals surface area contributed by atoms with Crippen LogP contribution in [0.5, 0.6) is 0 Å². The minimum absolute atomic E-state index is 0.0231. The number of halogens is 1. The van der Waals surface area contributed by atoms with E-state index in [4.69, 9.17) is 14.2 Å². The zero-order valence-electron chi connectivity index (χ0n) is 11.7. The topological polar surface area (TPSA) is 31.0 Å². The Morgan fingerprint density at radius 1 is 1.53 bits per heavy atom. The highest BCUT2D eigenvalue weighted by molar-refractivity contribution is 14.1. The Kier molecular flexibility index (Phi) is 3.97. The summed E-state index contributed by atoms with van der Waals surface area (Å²) in [5, 5.41) is 0. The van der Waals surface area contributed by atoms with Crippen LogP contribution in [-0.2, 0) is 14.2 Å². The maximum absolute atomic E-state index is 6.28. The Bertz CT molecular complexity index is 372. The summed E-state index contributed by atoms with van der Waals surface area (Å²) in [5.41, 5.74) is 0.0853. The molecule has 1 saturated carbocycles. The largest absolute Gasteiger partial charge is 0.365 e. The van der Waals surface area contributed by atoms with Crippen LogP contribution in [0.2, 0.25) is 0 Å². The summed E-state index contributed by atoms with van der Waals surface area (Å²) in [6.45, 7) is 5.03. The molecular formula is C15H23IO3. The Hall–Kier alpha value is 0.350. The van der Waals surface area contributed by atoms with Gasteiger partial charge in [0.1, 0.15) is 5.60 Å². The van der Waals surface area contributed by atoms with Gasteiger partial charge in [0.05, 0.1) is 16.6 Å². The Morgan fingerprint density at radius 3 is 3.11 bits per heavy atom. The van der Waals surface area contributed by atoms with E-state index >= 15 is 0 Å². The minimum atomic E-state index is -0.0879. The first kappa shape index (κ1) is 14.3. The fraction of sp³-hybridized carbons (Fsp3) is 0.867. The summed E-state index contributed by atoms with van der Waals surface area (Å²) in [6, 6.07) is 0. The average Bonchev–Trinajstić information content (AvgIpc) is 3.12. The lowest BCUT2D eigenvalue weighted by Gasteiger charge is -2.46. The summed E-state index contributed by atoms with van der Waals surface area (Å²) < 4.78 is 18.9. The molecule has 3 rings (SSSR count). The third-order valence-electron chi connectivity index (χ3n) is 5.02. The first-order valence-electron chi connectivity index (χ1n) is 7.35. The Morgan fingerprint density at radius 2 is 2.37 bits per heavy atom. The van der Waals surface area contributed by atoms with Crippen molar-refractivity contribution >= 4 is 22.6 Å². The van der Waals surface area contributed by atoms with Crippen molar-refractivity contribution in [1.82, 2.24) is 0 Å². The number of ether oxygens (including phenoxy) is 3. The van der Waals surface area contributed by atoms with Crippen molar-refractivity contribution in [3.63, 3.8) is 0 Å². The summed E-state index contributed by atoms with van der Waals surface area (Å²) >= 11 is 2.34. The minimum Gasteiger partial charge on any atom is -0.365 e. The van der Waals surface area contributed by atoms with Crippen LogP contribution < -0.4 is 0 Å². The third kappa shape index (κ3) is 2.19. The van der Waals surface area contributed by atoms with E-state index in [-0.39, 0.29) is 23.4 Å². The summed E-state index contributed by atoms with van der Waals surface area (Å²) in [4.78, 5) is 0. The fourth-order valence-corrected chi connectivity index (χ4v) is 4.39. The number of rotatable bonds is 5. The van der Waals surface area contributed by atoms with Gasteiger partial charge in [-0.25, -0.2) is 0 Å². The smallest absolute Gasteiger partial charge is 0.166 e. The molecule has 19 heavy (non-hydrogen) atoms. The molecule has 0 aromatic heterocycles. The maximum Gasteiger partial charge on any atom is 0.166 e. The number of epoxide rings is 1. The molecule has 0 N–H and O–H groups in total. The van der Waals surface area contributed by atoms with Crippen molar-refractivity contribution in [2.24, 2.45) is 5.41 Å². The van der Waals surface area contributed by atoms with Crippen LogP contribution in [-0.4, -0.2) is 35.1 Å². The van der Waals surface area contributed by atoms with Gasteiger partial charge in [0, 0.05) is 12.0 Å². The van der Waals surface area contributed by atoms with E-state index in [1.807, 2.05) is 6.92 Å². The zero-order valence-corrected chi connectivity index (χ0v) is 13.9. The van der Waals surface area contributed by atoms with Crippen molar-refractivity contribution < 1.29 is 14.2 Å². The molecule has 1 unspecified atom stereocenters. The molecule has 1 saturated heterocycles. The van der Waals surface area contributed by atoms with E-state index in [0.717, 1.165) is 17.3 Å². The van der Waals surface area contributed by atoms with E-state index in [1.54, 1.807) is 0 Å². The zero-order chi connectivity index (χ0) is 13.5. The highest BCUT2D eigenvalue weighted by atomic mass is 127. The first-order valence-corrected chi connectivity index (χ1v) is 8.87. The van der Waals surface area contributed by atoms with E-state index in [2.05, 4.69) is 41.7 Å². The van der Waals surface area contributed by atoms with Crippen molar-refractivity contribution in [2.75, 3.05) is 11.0 Å². The third-order valence-corrected chi connectivity index (χ3v) is 5.74. The second kappa shape index (κ2) is 5.28. The van der Waals surface area contributed by atoms with Gasteiger partial charge >= 0.3 is 0 Å². The van der Waals surface area contributed by atoms with E-state index in [1.165, 1.54) is 12.8 Å². The molecule has 0 aromatic carbocycles. The summed E-state index contributed by atoms with van der Waals surface area (Å²) in [7, 11) is 0. The first-order chi connectivity index (χ1) is 9.16. The molecule has 0 radical (unpaired) electrons. The van der Waals surface area contributed by atoms with Gasteiger partial charge in [-0.3, -0.25) is 0 Å². The number of alkyl halides is 1. The molecule has 1 spiro atoms. The molecule has 108 valence electrons. The molecule has 0 amide bonds. The highest BCUT2D eigenvalue weighted by Crippen LogP contribution is 2.63. The molecule has 5 atom stereocenters. The van der Waals surface area contributed by atoms with E-state index in [0.29, 0.717) is 12.7 Å². The molecule has 0 aromatic rings. The SMILES string of the molecule is CCOC(CI)O[C@@H]1CCC[C@@]23O[C@@H]2CC=C[C@]13C. The van der Waals surface area contributed by atoms with Gasteiger partial charge in [-0.15, -0.1) is 0 Å². The number of hydrogen-bond donors (Lipinski definition) is 0. The van der Waals surface area contributed by atoms with Gasteiger partial charge in [0.25, 0.3) is 0 Å². The summed E-state index contributed by atoms with van der Waals surface area (Å²) in [6.07, 6.45) is 9.74. The van der Waals surface area contributed by atoms with Crippen LogP contribution in [0.1, 0.15) is 39.5 Å². The van der Waals surface area contributed by atoms with Crippen molar-refractivity contribution in [3.8, 4) is 0 Å². The van der Waals surface area contributed by atoms with Crippen molar-refractivity contribution in [1.29, 1.82) is 0 Å². The van der Waals surface area contributed by atoms with Crippen LogP contribution in [0.15, 0.2) is 12.2 Å². The van der Waals surface area contributed by atoms with Gasteiger partial charge in [0.2, 0.25) is 0 Å². The average molecular weight is 378 g/mol. The second-order valence-electron chi connectivity index (χ2n) is 5.97. The van der Waals surface area contributed by atoms with Gasteiger partial charge in [-0.2, -0.15) is 0 Å². The van der Waals surface area contributed by atoms with Crippen LogP contribution in [0.3, 0.4) is 0 Å². The predicted molar refractivity (Wildman–Crippen MR) is 82.5 cm³/mol. The van der Waals surface area contributed by atoms with Gasteiger partial charge in [0.15, 0.2) is 6.29 Å². The molecule has 3 nitrogen and oxygen atoms in total. The monoisotopic (exact) mass is 378 g/mol. The lowest BCUT2D eigenvalue weighted by Crippen LogP contribution is -2.52. The molecule has 1 heterocycles. The Balaban J connectivity index is 1.77. The molecule has 2 fully saturated rings. The fourth-order valence-electron chi connectivity index (χ4n) is 3.93. The highest BCUT2D eigenvalue weighted by Gasteiger charge is 2.70. The van der Waals surface area contributed by atoms with Gasteiger partial charge < -0.3 is 14.2 Å². The molecule has 3 aliphatic rings. The quantitative estimate of drug-likeness (QED) is 0.241. The normalized spacial score (nSPS) is 45.4. The van der Waals surface area contributed by atoms with Gasteiger partial charge in [-0.05, 0) is 32.6 Å². The molecule has 1 aliphatic heterocycles. The number of hydrogen-bond acceptors (Lipinski definition) is 3. The van der Waals surface area contributed by atoms with Crippen molar-refractivity contribution in [2.45, 2.75) is 63.6 Å². The molecule has 4 heteroatoms. The Labute approximate surface area is 129 Å². The molecule has 2 aliphatic carbocycles. The van der Waals surface area contributed by atoms with Gasteiger partial charge in [-0.1, -0.05) is 41.7 Å². The standard InChI is InChI=1S/C15H23IO3/c1-3-17-13(10-16)18-11-6-5-9-15-12(19-15)7-4-8-14(11,15)2/h4,8,11-13H,3,5-7,9-10H2,1-2H3/t11-,12-,13?,14-,15-/m1/s1. The molecule has 0 bridgehead atoms. The van der Waals surface area contributed by atoms with Crippen LogP contribution in [0.25, 0.3) is 0 Å². The lowest BCUT2D eigenvalue weighted by molar-refractivity contribution is -0.193. The lowest BCUT2D eigenvalue weighted by atomic mass is 9.61. The van der Waals surface area contributed by atoms with Crippen LogP contribution >= 0.6 is 22.6 Å². The molecular weight excluding hydrogens is 355 g/mol. The van der Waals surface area contributed by atoms with Crippen LogP contribution in [0, 0.1) is 5.41 Å². The predicted octanol–water partition coefficient (Wildman–Crippen LogP) is 3.46. The van der Waals surface area contributed by atoms with E-state index in [9.17, 15) is 0 Å².